The van der Waals surface area contributed by atoms with Crippen molar-refractivity contribution in [3.63, 3.8) is 0 Å². The Morgan fingerprint density at radius 1 is 1.33 bits per heavy atom. The summed E-state index contributed by atoms with van der Waals surface area (Å²) in [5.41, 5.74) is 1.12. The number of nitro groups is 1. The highest BCUT2D eigenvalue weighted by atomic mass is 16.6. The van der Waals surface area contributed by atoms with Gasteiger partial charge in [-0.15, -0.1) is 0 Å². The molecule has 1 saturated heterocycles. The first-order valence-corrected chi connectivity index (χ1v) is 9.12. The molecule has 0 radical (unpaired) electrons. The highest BCUT2D eigenvalue weighted by Crippen LogP contribution is 2.28. The molecule has 1 heterocycles. The number of nitrogens with one attached hydrogen (secondary N) is 1. The molecule has 0 spiro atoms. The second-order valence-electron chi connectivity index (χ2n) is 6.72. The zero-order valence-electron chi connectivity index (χ0n) is 15.0. The third-order valence-corrected chi connectivity index (χ3v) is 4.93. The first kappa shape index (κ1) is 18.9. The summed E-state index contributed by atoms with van der Waals surface area (Å²) in [4.78, 5) is 25.2. The zero-order chi connectivity index (χ0) is 19.2. The largest absolute Gasteiger partial charge is 0.378 e. The zero-order valence-corrected chi connectivity index (χ0v) is 15.0. The molecule has 1 N–H and O–H groups in total. The fraction of sp³-hybridized carbons (Fsp3) is 0.474. The van der Waals surface area contributed by atoms with E-state index in [0.29, 0.717) is 31.9 Å². The van der Waals surface area contributed by atoms with Crippen LogP contribution in [0.25, 0.3) is 6.08 Å². The maximum Gasteiger partial charge on any atom is 0.270 e. The molecule has 1 aliphatic heterocycles. The van der Waals surface area contributed by atoms with Crippen LogP contribution in [0.15, 0.2) is 23.8 Å². The van der Waals surface area contributed by atoms with Gasteiger partial charge in [0.15, 0.2) is 0 Å². The van der Waals surface area contributed by atoms with Crippen molar-refractivity contribution in [3.8, 4) is 6.07 Å². The Bertz CT molecular complexity index is 787. The van der Waals surface area contributed by atoms with Crippen LogP contribution in [0.4, 0.5) is 11.4 Å². The SMILES string of the molecule is N#C/C(=C\c1cc([N+](=O)[O-])ccc1N1CCOCC1)C(=O)NC1CCCC1. The Balaban J connectivity index is 1.91. The summed E-state index contributed by atoms with van der Waals surface area (Å²) in [7, 11) is 0. The lowest BCUT2D eigenvalue weighted by Crippen LogP contribution is -2.36. The van der Waals surface area contributed by atoms with E-state index < -0.39 is 10.8 Å². The van der Waals surface area contributed by atoms with Crippen LogP contribution in [0.5, 0.6) is 0 Å². The quantitative estimate of drug-likeness (QED) is 0.369. The minimum Gasteiger partial charge on any atom is -0.378 e. The van der Waals surface area contributed by atoms with E-state index >= 15 is 0 Å². The maximum absolute atomic E-state index is 12.5. The topological polar surface area (TPSA) is 108 Å². The summed E-state index contributed by atoms with van der Waals surface area (Å²) in [6, 6.07) is 6.55. The molecule has 1 saturated carbocycles. The number of nitro benzene ring substituents is 1. The van der Waals surface area contributed by atoms with Crippen LogP contribution >= 0.6 is 0 Å². The Morgan fingerprint density at radius 2 is 2.04 bits per heavy atom. The number of rotatable bonds is 5. The van der Waals surface area contributed by atoms with E-state index in [4.69, 9.17) is 4.74 Å². The van der Waals surface area contributed by atoms with Gasteiger partial charge in [0.25, 0.3) is 11.6 Å². The molecule has 0 aromatic heterocycles. The molecule has 1 amide bonds. The molecule has 0 atom stereocenters. The van der Waals surface area contributed by atoms with Gasteiger partial charge in [0.1, 0.15) is 11.6 Å². The Hall–Kier alpha value is -2.92. The van der Waals surface area contributed by atoms with E-state index in [0.717, 1.165) is 31.4 Å². The number of amides is 1. The summed E-state index contributed by atoms with van der Waals surface area (Å²) in [6.45, 7) is 2.42. The van der Waals surface area contributed by atoms with Crippen LogP contribution in [-0.4, -0.2) is 43.2 Å². The predicted molar refractivity (Wildman–Crippen MR) is 100 cm³/mol. The van der Waals surface area contributed by atoms with Crippen molar-refractivity contribution in [2.24, 2.45) is 0 Å². The van der Waals surface area contributed by atoms with Gasteiger partial charge < -0.3 is 15.0 Å². The van der Waals surface area contributed by atoms with Crippen molar-refractivity contribution in [2.75, 3.05) is 31.2 Å². The molecular weight excluding hydrogens is 348 g/mol. The van der Waals surface area contributed by atoms with E-state index in [1.54, 1.807) is 6.07 Å². The predicted octanol–water partition coefficient (Wildman–Crippen LogP) is 2.40. The average Bonchev–Trinajstić information content (AvgIpc) is 3.19. The highest BCUT2D eigenvalue weighted by molar-refractivity contribution is 6.02. The molecule has 0 unspecified atom stereocenters. The summed E-state index contributed by atoms with van der Waals surface area (Å²) in [5.74, 6) is -0.427. The van der Waals surface area contributed by atoms with Gasteiger partial charge in [-0.05, 0) is 25.0 Å². The van der Waals surface area contributed by atoms with Crippen molar-refractivity contribution >= 4 is 23.4 Å². The third-order valence-electron chi connectivity index (χ3n) is 4.93. The average molecular weight is 370 g/mol. The normalized spacial score (nSPS) is 18.2. The maximum atomic E-state index is 12.5. The van der Waals surface area contributed by atoms with Gasteiger partial charge in [0, 0.05) is 42.5 Å². The molecule has 2 aliphatic rings. The van der Waals surface area contributed by atoms with Gasteiger partial charge in [-0.2, -0.15) is 5.26 Å². The lowest BCUT2D eigenvalue weighted by Gasteiger charge is -2.30. The van der Waals surface area contributed by atoms with Crippen LogP contribution in [0.1, 0.15) is 31.2 Å². The number of hydrogen-bond donors (Lipinski definition) is 1. The molecular formula is C19H22N4O4. The third kappa shape index (κ3) is 4.63. The Morgan fingerprint density at radius 3 is 2.67 bits per heavy atom. The summed E-state index contributed by atoms with van der Waals surface area (Å²) in [6.07, 6.45) is 5.42. The molecule has 142 valence electrons. The van der Waals surface area contributed by atoms with Crippen LogP contribution in [0, 0.1) is 21.4 Å². The first-order valence-electron chi connectivity index (χ1n) is 9.12. The molecule has 8 heteroatoms. The van der Waals surface area contributed by atoms with Gasteiger partial charge in [-0.1, -0.05) is 12.8 Å². The molecule has 27 heavy (non-hydrogen) atoms. The molecule has 2 fully saturated rings. The first-order chi connectivity index (χ1) is 13.1. The van der Waals surface area contributed by atoms with Crippen molar-refractivity contribution in [3.05, 3.63) is 39.4 Å². The summed E-state index contributed by atoms with van der Waals surface area (Å²) < 4.78 is 5.36. The monoisotopic (exact) mass is 370 g/mol. The number of nitriles is 1. The lowest BCUT2D eigenvalue weighted by atomic mass is 10.1. The number of non-ortho nitro benzene ring substituents is 1. The standard InChI is InChI=1S/C19H22N4O4/c20-13-15(19(24)21-16-3-1-2-4-16)11-14-12-17(23(25)26)5-6-18(14)22-7-9-27-10-8-22/h5-6,11-12,16H,1-4,7-10H2,(H,21,24)/b15-11+. The van der Waals surface area contributed by atoms with Crippen LogP contribution in [0.2, 0.25) is 0 Å². The second-order valence-corrected chi connectivity index (χ2v) is 6.72. The molecule has 8 nitrogen and oxygen atoms in total. The van der Waals surface area contributed by atoms with Crippen LogP contribution in [0.3, 0.4) is 0 Å². The summed E-state index contributed by atoms with van der Waals surface area (Å²) >= 11 is 0. The van der Waals surface area contributed by atoms with Crippen LogP contribution in [-0.2, 0) is 9.53 Å². The van der Waals surface area contributed by atoms with Crippen molar-refractivity contribution in [1.29, 1.82) is 5.26 Å². The van der Waals surface area contributed by atoms with Crippen LogP contribution < -0.4 is 10.2 Å². The number of ether oxygens (including phenoxy) is 1. The number of carbonyl (C=O) groups is 1. The van der Waals surface area contributed by atoms with E-state index in [2.05, 4.69) is 5.32 Å². The number of anilines is 1. The molecule has 1 aromatic carbocycles. The number of hydrogen-bond acceptors (Lipinski definition) is 6. The number of benzene rings is 1. The van der Waals surface area contributed by atoms with Gasteiger partial charge in [-0.25, -0.2) is 0 Å². The second kappa shape index (κ2) is 8.64. The lowest BCUT2D eigenvalue weighted by molar-refractivity contribution is -0.384. The van der Waals surface area contributed by atoms with Crippen molar-refractivity contribution in [1.82, 2.24) is 5.32 Å². The fourth-order valence-electron chi connectivity index (χ4n) is 3.50. The van der Waals surface area contributed by atoms with E-state index in [-0.39, 0.29) is 17.3 Å². The number of morpholine rings is 1. The molecule has 0 bridgehead atoms. The number of carbonyl (C=O) groups excluding carboxylic acids is 1. The van der Waals surface area contributed by atoms with Crippen molar-refractivity contribution in [2.45, 2.75) is 31.7 Å². The smallest absolute Gasteiger partial charge is 0.270 e. The molecule has 1 aromatic rings. The van der Waals surface area contributed by atoms with Crippen molar-refractivity contribution < 1.29 is 14.5 Å². The molecule has 1 aliphatic carbocycles. The Kier molecular flexibility index (Phi) is 6.04. The summed E-state index contributed by atoms with van der Waals surface area (Å²) in [5, 5.41) is 23.5. The van der Waals surface area contributed by atoms with Gasteiger partial charge in [-0.3, -0.25) is 14.9 Å². The van der Waals surface area contributed by atoms with E-state index in [1.807, 2.05) is 11.0 Å². The highest BCUT2D eigenvalue weighted by Gasteiger charge is 2.21. The van der Waals surface area contributed by atoms with E-state index in [1.165, 1.54) is 18.2 Å². The van der Waals surface area contributed by atoms with Gasteiger partial charge >= 0.3 is 0 Å². The van der Waals surface area contributed by atoms with Gasteiger partial charge in [0.05, 0.1) is 18.1 Å². The van der Waals surface area contributed by atoms with E-state index in [9.17, 15) is 20.2 Å². The minimum absolute atomic E-state index is 0.0445. The number of nitrogens with zero attached hydrogens (tertiary/aromatic N) is 3. The fourth-order valence-corrected chi connectivity index (χ4v) is 3.50. The Labute approximate surface area is 157 Å². The minimum atomic E-state index is -0.481. The van der Waals surface area contributed by atoms with Gasteiger partial charge in [0.2, 0.25) is 0 Å². The molecule has 3 rings (SSSR count).